The quantitative estimate of drug-likeness (QED) is 0.876. The summed E-state index contributed by atoms with van der Waals surface area (Å²) >= 11 is 0. The van der Waals surface area contributed by atoms with Crippen LogP contribution in [0.25, 0.3) is 0 Å². The van der Waals surface area contributed by atoms with Gasteiger partial charge in [0, 0.05) is 57.4 Å². The van der Waals surface area contributed by atoms with Crippen molar-refractivity contribution in [3.8, 4) is 0 Å². The van der Waals surface area contributed by atoms with Crippen molar-refractivity contribution in [1.82, 2.24) is 9.80 Å². The lowest BCUT2D eigenvalue weighted by Gasteiger charge is -2.22. The maximum Gasteiger partial charge on any atom is 0.254 e. The minimum atomic E-state index is -0.704. The van der Waals surface area contributed by atoms with Crippen LogP contribution in [0.4, 0.5) is 5.69 Å². The Morgan fingerprint density at radius 3 is 2.17 bits per heavy atom. The van der Waals surface area contributed by atoms with Crippen molar-refractivity contribution in [1.29, 1.82) is 0 Å². The fourth-order valence-electron chi connectivity index (χ4n) is 3.43. The topological polar surface area (TPSA) is 64.1 Å². The molecule has 24 heavy (non-hydrogen) atoms. The maximum atomic E-state index is 12.7. The first-order chi connectivity index (χ1) is 11.5. The summed E-state index contributed by atoms with van der Waals surface area (Å²) in [4.78, 5) is 29.8. The third-order valence-electron chi connectivity index (χ3n) is 4.82. The Morgan fingerprint density at radius 2 is 1.54 bits per heavy atom. The summed E-state index contributed by atoms with van der Waals surface area (Å²) in [5, 5.41) is 10.1. The molecule has 3 rings (SSSR count). The summed E-state index contributed by atoms with van der Waals surface area (Å²) in [6.45, 7) is 5.09. The van der Waals surface area contributed by atoms with Gasteiger partial charge in [0.05, 0.1) is 6.10 Å². The Labute approximate surface area is 142 Å². The standard InChI is InChI=1S/C18H25N3O3/c1-14(22)20-10-11-21(13-17(23)12-20)18(24)15-4-6-16(7-5-15)19-8-2-3-9-19/h4-7,17,23H,2-3,8-13H2,1H3. The number of carbonyl (C=O) groups is 2. The van der Waals surface area contributed by atoms with Gasteiger partial charge in [0.2, 0.25) is 5.91 Å². The Morgan fingerprint density at radius 1 is 0.958 bits per heavy atom. The smallest absolute Gasteiger partial charge is 0.254 e. The first-order valence-electron chi connectivity index (χ1n) is 8.62. The molecule has 2 fully saturated rings. The summed E-state index contributed by atoms with van der Waals surface area (Å²) < 4.78 is 0. The van der Waals surface area contributed by atoms with Gasteiger partial charge in [-0.3, -0.25) is 9.59 Å². The number of carbonyl (C=O) groups excluding carboxylic acids is 2. The number of aliphatic hydroxyl groups is 1. The number of hydrogen-bond donors (Lipinski definition) is 1. The van der Waals surface area contributed by atoms with E-state index in [0.717, 1.165) is 18.8 Å². The van der Waals surface area contributed by atoms with E-state index in [4.69, 9.17) is 0 Å². The van der Waals surface area contributed by atoms with Crippen LogP contribution in [-0.4, -0.2) is 72.1 Å². The van der Waals surface area contributed by atoms with E-state index in [0.29, 0.717) is 18.7 Å². The van der Waals surface area contributed by atoms with E-state index in [1.807, 2.05) is 24.3 Å². The number of amides is 2. The predicted molar refractivity (Wildman–Crippen MR) is 92.1 cm³/mol. The van der Waals surface area contributed by atoms with E-state index in [2.05, 4.69) is 4.90 Å². The summed E-state index contributed by atoms with van der Waals surface area (Å²) in [5.41, 5.74) is 1.78. The van der Waals surface area contributed by atoms with E-state index >= 15 is 0 Å². The van der Waals surface area contributed by atoms with E-state index in [1.54, 1.807) is 9.80 Å². The highest BCUT2D eigenvalue weighted by molar-refractivity contribution is 5.94. The highest BCUT2D eigenvalue weighted by Crippen LogP contribution is 2.21. The number of hydrogen-bond acceptors (Lipinski definition) is 4. The minimum Gasteiger partial charge on any atom is -0.389 e. The predicted octanol–water partition coefficient (Wildman–Crippen LogP) is 0.952. The zero-order valence-corrected chi connectivity index (χ0v) is 14.1. The second-order valence-electron chi connectivity index (χ2n) is 6.61. The largest absolute Gasteiger partial charge is 0.389 e. The lowest BCUT2D eigenvalue weighted by atomic mass is 10.1. The highest BCUT2D eigenvalue weighted by Gasteiger charge is 2.26. The van der Waals surface area contributed by atoms with E-state index < -0.39 is 6.10 Å². The molecule has 2 aliphatic heterocycles. The normalized spacial score (nSPS) is 21.8. The zero-order chi connectivity index (χ0) is 17.1. The molecular formula is C18H25N3O3. The van der Waals surface area contributed by atoms with Gasteiger partial charge >= 0.3 is 0 Å². The number of rotatable bonds is 2. The number of aliphatic hydroxyl groups excluding tert-OH is 1. The highest BCUT2D eigenvalue weighted by atomic mass is 16.3. The van der Waals surface area contributed by atoms with Gasteiger partial charge in [-0.1, -0.05) is 0 Å². The maximum absolute atomic E-state index is 12.7. The molecule has 6 heteroatoms. The Bertz CT molecular complexity index is 596. The molecule has 2 aliphatic rings. The Balaban J connectivity index is 1.67. The molecule has 0 saturated carbocycles. The molecule has 130 valence electrons. The van der Waals surface area contributed by atoms with Gasteiger partial charge < -0.3 is 19.8 Å². The number of benzene rings is 1. The van der Waals surface area contributed by atoms with E-state index in [-0.39, 0.29) is 24.9 Å². The van der Waals surface area contributed by atoms with Crippen LogP contribution in [-0.2, 0) is 4.79 Å². The molecule has 1 aromatic carbocycles. The van der Waals surface area contributed by atoms with Gasteiger partial charge in [-0.05, 0) is 37.1 Å². The average Bonchev–Trinajstić information content (AvgIpc) is 3.03. The minimum absolute atomic E-state index is 0.0710. The molecule has 0 aromatic heterocycles. The number of anilines is 1. The van der Waals surface area contributed by atoms with Crippen molar-refractivity contribution in [2.75, 3.05) is 44.2 Å². The number of nitrogens with zero attached hydrogens (tertiary/aromatic N) is 3. The third kappa shape index (κ3) is 3.70. The number of β-amino-alcohol motifs (C(OH)–C–C–N with tert-alkyl or cyclic N) is 1. The molecule has 0 spiro atoms. The van der Waals surface area contributed by atoms with Crippen LogP contribution >= 0.6 is 0 Å². The molecule has 0 radical (unpaired) electrons. The van der Waals surface area contributed by atoms with Gasteiger partial charge in [0.25, 0.3) is 5.91 Å². The van der Waals surface area contributed by atoms with Crippen molar-refractivity contribution < 1.29 is 14.7 Å². The fourth-order valence-corrected chi connectivity index (χ4v) is 3.43. The SMILES string of the molecule is CC(=O)N1CCN(C(=O)c2ccc(N3CCCC3)cc2)CC(O)C1. The van der Waals surface area contributed by atoms with Crippen molar-refractivity contribution in [2.45, 2.75) is 25.9 Å². The van der Waals surface area contributed by atoms with Crippen LogP contribution in [0.3, 0.4) is 0 Å². The lowest BCUT2D eigenvalue weighted by Crippen LogP contribution is -2.37. The fraction of sp³-hybridized carbons (Fsp3) is 0.556. The molecule has 0 bridgehead atoms. The van der Waals surface area contributed by atoms with Crippen LogP contribution in [0.15, 0.2) is 24.3 Å². The first-order valence-corrected chi connectivity index (χ1v) is 8.62. The van der Waals surface area contributed by atoms with E-state index in [9.17, 15) is 14.7 Å². The molecule has 0 aliphatic carbocycles. The van der Waals surface area contributed by atoms with Crippen molar-refractivity contribution in [2.24, 2.45) is 0 Å². The lowest BCUT2D eigenvalue weighted by molar-refractivity contribution is -0.129. The molecule has 1 unspecified atom stereocenters. The third-order valence-corrected chi connectivity index (χ3v) is 4.82. The Hall–Kier alpha value is -2.08. The summed E-state index contributed by atoms with van der Waals surface area (Å²) in [6.07, 6.45) is 1.74. The Kier molecular flexibility index (Phi) is 5.04. The second-order valence-corrected chi connectivity index (χ2v) is 6.61. The monoisotopic (exact) mass is 331 g/mol. The molecule has 2 heterocycles. The van der Waals surface area contributed by atoms with Crippen LogP contribution in [0, 0.1) is 0 Å². The van der Waals surface area contributed by atoms with Gasteiger partial charge in [0.1, 0.15) is 0 Å². The van der Waals surface area contributed by atoms with Crippen LogP contribution in [0.2, 0.25) is 0 Å². The van der Waals surface area contributed by atoms with Crippen molar-refractivity contribution in [3.05, 3.63) is 29.8 Å². The summed E-state index contributed by atoms with van der Waals surface area (Å²) in [7, 11) is 0. The van der Waals surface area contributed by atoms with Crippen LogP contribution in [0.5, 0.6) is 0 Å². The molecule has 2 amide bonds. The van der Waals surface area contributed by atoms with Gasteiger partial charge in [0.15, 0.2) is 0 Å². The molecule has 2 saturated heterocycles. The average molecular weight is 331 g/mol. The summed E-state index contributed by atoms with van der Waals surface area (Å²) in [6, 6.07) is 7.70. The summed E-state index contributed by atoms with van der Waals surface area (Å²) in [5.74, 6) is -0.161. The van der Waals surface area contributed by atoms with Crippen molar-refractivity contribution in [3.63, 3.8) is 0 Å². The van der Waals surface area contributed by atoms with Gasteiger partial charge in [-0.2, -0.15) is 0 Å². The van der Waals surface area contributed by atoms with Crippen molar-refractivity contribution >= 4 is 17.5 Å². The molecule has 1 aromatic rings. The van der Waals surface area contributed by atoms with Crippen LogP contribution < -0.4 is 4.90 Å². The van der Waals surface area contributed by atoms with Gasteiger partial charge in [-0.15, -0.1) is 0 Å². The first kappa shape index (κ1) is 16.8. The molecule has 1 N–H and O–H groups in total. The zero-order valence-electron chi connectivity index (χ0n) is 14.1. The second kappa shape index (κ2) is 7.21. The molecule has 6 nitrogen and oxygen atoms in total. The molecular weight excluding hydrogens is 306 g/mol. The van der Waals surface area contributed by atoms with E-state index in [1.165, 1.54) is 19.8 Å². The van der Waals surface area contributed by atoms with Crippen LogP contribution in [0.1, 0.15) is 30.1 Å². The van der Waals surface area contributed by atoms with Gasteiger partial charge in [-0.25, -0.2) is 0 Å². The molecule has 1 atom stereocenters.